The average Bonchev–Trinajstić information content (AvgIpc) is 2.84. The molecule has 5 heteroatoms. The van der Waals surface area contributed by atoms with Gasteiger partial charge in [0.15, 0.2) is 0 Å². The smallest absolute Gasteiger partial charge is 0.251 e. The van der Waals surface area contributed by atoms with Gasteiger partial charge < -0.3 is 10.6 Å². The lowest BCUT2D eigenvalue weighted by Gasteiger charge is -2.15. The molecule has 0 radical (unpaired) electrons. The molecule has 0 fully saturated rings. The standard InChI is InChI=1S/C27H25N3O2/c1-18-22-13-6-7-14-24(22)30-26(20-10-4-3-5-11-20)23(18)16-25(31)29-17-19-9-8-12-21(15-19)27(32)28-2/h3-15H,16-17H2,1-2H3,(H,28,32)(H,29,31). The number of fused-ring (bicyclic) bond motifs is 1. The fourth-order valence-electron chi connectivity index (χ4n) is 3.86. The summed E-state index contributed by atoms with van der Waals surface area (Å²) in [5.41, 5.74) is 6.16. The van der Waals surface area contributed by atoms with Crippen molar-refractivity contribution in [1.29, 1.82) is 0 Å². The second kappa shape index (κ2) is 9.43. The lowest BCUT2D eigenvalue weighted by atomic mass is 9.95. The topological polar surface area (TPSA) is 71.1 Å². The van der Waals surface area contributed by atoms with Crippen LogP contribution in [0.5, 0.6) is 0 Å². The van der Waals surface area contributed by atoms with E-state index in [1.807, 2.05) is 73.7 Å². The molecule has 2 amide bonds. The number of amides is 2. The van der Waals surface area contributed by atoms with E-state index in [1.165, 1.54) is 0 Å². The van der Waals surface area contributed by atoms with Crippen LogP contribution in [0.15, 0.2) is 78.9 Å². The first-order chi connectivity index (χ1) is 15.6. The third kappa shape index (κ3) is 4.52. The molecule has 3 aromatic carbocycles. The molecule has 0 saturated carbocycles. The number of carbonyl (C=O) groups excluding carboxylic acids is 2. The first-order valence-corrected chi connectivity index (χ1v) is 10.6. The zero-order valence-electron chi connectivity index (χ0n) is 18.2. The minimum Gasteiger partial charge on any atom is -0.355 e. The van der Waals surface area contributed by atoms with Crippen molar-refractivity contribution in [2.75, 3.05) is 7.05 Å². The summed E-state index contributed by atoms with van der Waals surface area (Å²) in [5, 5.41) is 6.65. The van der Waals surface area contributed by atoms with E-state index in [0.29, 0.717) is 12.1 Å². The largest absolute Gasteiger partial charge is 0.355 e. The van der Waals surface area contributed by atoms with Crippen LogP contribution in [0.2, 0.25) is 0 Å². The minimum absolute atomic E-state index is 0.0901. The average molecular weight is 424 g/mol. The first-order valence-electron chi connectivity index (χ1n) is 10.6. The number of pyridine rings is 1. The van der Waals surface area contributed by atoms with Gasteiger partial charge in [-0.25, -0.2) is 4.98 Å². The number of carbonyl (C=O) groups is 2. The Labute approximate surface area is 187 Å². The minimum atomic E-state index is -0.149. The van der Waals surface area contributed by atoms with E-state index in [-0.39, 0.29) is 18.2 Å². The van der Waals surface area contributed by atoms with Gasteiger partial charge in [-0.1, -0.05) is 60.7 Å². The normalized spacial score (nSPS) is 10.7. The van der Waals surface area contributed by atoms with Gasteiger partial charge in [0.1, 0.15) is 0 Å². The molecular formula is C27H25N3O2. The second-order valence-electron chi connectivity index (χ2n) is 7.68. The van der Waals surface area contributed by atoms with Gasteiger partial charge in [0.25, 0.3) is 5.91 Å². The summed E-state index contributed by atoms with van der Waals surface area (Å²) in [7, 11) is 1.60. The molecule has 0 aliphatic heterocycles. The van der Waals surface area contributed by atoms with Gasteiger partial charge in [0.2, 0.25) is 5.91 Å². The number of hydrogen-bond donors (Lipinski definition) is 2. The number of rotatable bonds is 6. The number of aromatic nitrogens is 1. The van der Waals surface area contributed by atoms with Crippen LogP contribution >= 0.6 is 0 Å². The Bertz CT molecular complexity index is 1280. The summed E-state index contributed by atoms with van der Waals surface area (Å²) in [6.07, 6.45) is 0.225. The number of para-hydroxylation sites is 1. The van der Waals surface area contributed by atoms with Crippen LogP contribution < -0.4 is 10.6 Å². The number of aryl methyl sites for hydroxylation is 1. The summed E-state index contributed by atoms with van der Waals surface area (Å²) in [5.74, 6) is -0.240. The Balaban J connectivity index is 1.60. The summed E-state index contributed by atoms with van der Waals surface area (Å²) in [6.45, 7) is 2.40. The van der Waals surface area contributed by atoms with Crippen LogP contribution in [-0.4, -0.2) is 23.8 Å². The zero-order valence-corrected chi connectivity index (χ0v) is 18.2. The summed E-state index contributed by atoms with van der Waals surface area (Å²) >= 11 is 0. The van der Waals surface area contributed by atoms with Crippen molar-refractivity contribution in [3.05, 3.63) is 101 Å². The van der Waals surface area contributed by atoms with Crippen LogP contribution in [0.1, 0.15) is 27.0 Å². The Morgan fingerprint density at radius 3 is 2.44 bits per heavy atom. The van der Waals surface area contributed by atoms with Crippen molar-refractivity contribution in [1.82, 2.24) is 15.6 Å². The molecule has 0 saturated heterocycles. The first kappa shape index (κ1) is 21.2. The zero-order chi connectivity index (χ0) is 22.5. The van der Waals surface area contributed by atoms with Gasteiger partial charge in [-0.15, -0.1) is 0 Å². The lowest BCUT2D eigenvalue weighted by molar-refractivity contribution is -0.120. The predicted octanol–water partition coefficient (Wildman–Crippen LogP) is 4.43. The van der Waals surface area contributed by atoms with Crippen LogP contribution in [-0.2, 0) is 17.8 Å². The Morgan fingerprint density at radius 1 is 0.906 bits per heavy atom. The molecule has 4 aromatic rings. The van der Waals surface area contributed by atoms with Crippen LogP contribution in [0.25, 0.3) is 22.2 Å². The molecule has 2 N–H and O–H groups in total. The molecule has 0 unspecified atom stereocenters. The summed E-state index contributed by atoms with van der Waals surface area (Å²) < 4.78 is 0. The van der Waals surface area contributed by atoms with Crippen molar-refractivity contribution in [3.8, 4) is 11.3 Å². The van der Waals surface area contributed by atoms with E-state index in [4.69, 9.17) is 4.98 Å². The van der Waals surface area contributed by atoms with Crippen LogP contribution in [0.4, 0.5) is 0 Å². The van der Waals surface area contributed by atoms with Crippen molar-refractivity contribution >= 4 is 22.7 Å². The van der Waals surface area contributed by atoms with E-state index in [0.717, 1.165) is 38.9 Å². The fraction of sp³-hybridized carbons (Fsp3) is 0.148. The third-order valence-electron chi connectivity index (χ3n) is 5.57. The van der Waals surface area contributed by atoms with Gasteiger partial charge in [-0.2, -0.15) is 0 Å². The van der Waals surface area contributed by atoms with Gasteiger partial charge in [0.05, 0.1) is 17.6 Å². The number of hydrogen-bond acceptors (Lipinski definition) is 3. The maximum Gasteiger partial charge on any atom is 0.251 e. The third-order valence-corrected chi connectivity index (χ3v) is 5.57. The Hall–Kier alpha value is -3.99. The summed E-state index contributed by atoms with van der Waals surface area (Å²) in [4.78, 5) is 29.7. The lowest BCUT2D eigenvalue weighted by Crippen LogP contribution is -2.25. The molecule has 0 spiro atoms. The molecule has 0 aliphatic carbocycles. The highest BCUT2D eigenvalue weighted by molar-refractivity contribution is 5.94. The van der Waals surface area contributed by atoms with E-state index in [2.05, 4.69) is 10.6 Å². The molecule has 160 valence electrons. The Morgan fingerprint density at radius 2 is 1.66 bits per heavy atom. The van der Waals surface area contributed by atoms with Crippen LogP contribution in [0.3, 0.4) is 0 Å². The van der Waals surface area contributed by atoms with E-state index in [9.17, 15) is 9.59 Å². The number of nitrogens with zero attached hydrogens (tertiary/aromatic N) is 1. The number of nitrogens with one attached hydrogen (secondary N) is 2. The summed E-state index contributed by atoms with van der Waals surface area (Å²) in [6, 6.07) is 25.2. The monoisotopic (exact) mass is 423 g/mol. The highest BCUT2D eigenvalue weighted by Crippen LogP contribution is 2.30. The maximum absolute atomic E-state index is 12.9. The highest BCUT2D eigenvalue weighted by atomic mass is 16.2. The van der Waals surface area contributed by atoms with Gasteiger partial charge in [-0.05, 0) is 41.8 Å². The van der Waals surface area contributed by atoms with Crippen molar-refractivity contribution < 1.29 is 9.59 Å². The van der Waals surface area contributed by atoms with Gasteiger partial charge in [0, 0.05) is 30.1 Å². The maximum atomic E-state index is 12.9. The Kier molecular flexibility index (Phi) is 6.26. The molecular weight excluding hydrogens is 398 g/mol. The van der Waals surface area contributed by atoms with Crippen molar-refractivity contribution in [2.45, 2.75) is 19.9 Å². The predicted molar refractivity (Wildman–Crippen MR) is 127 cm³/mol. The van der Waals surface area contributed by atoms with E-state index >= 15 is 0 Å². The molecule has 1 heterocycles. The molecule has 5 nitrogen and oxygen atoms in total. The molecule has 1 aromatic heterocycles. The second-order valence-corrected chi connectivity index (χ2v) is 7.68. The number of benzene rings is 3. The molecule has 0 bridgehead atoms. The van der Waals surface area contributed by atoms with Gasteiger partial charge in [-0.3, -0.25) is 9.59 Å². The van der Waals surface area contributed by atoms with Gasteiger partial charge >= 0.3 is 0 Å². The molecule has 0 aliphatic rings. The SMILES string of the molecule is CNC(=O)c1cccc(CNC(=O)Cc2c(-c3ccccc3)nc3ccccc3c2C)c1. The fourth-order valence-corrected chi connectivity index (χ4v) is 3.86. The highest BCUT2D eigenvalue weighted by Gasteiger charge is 2.16. The van der Waals surface area contributed by atoms with Crippen molar-refractivity contribution in [2.24, 2.45) is 0 Å². The van der Waals surface area contributed by atoms with Crippen molar-refractivity contribution in [3.63, 3.8) is 0 Å². The van der Waals surface area contributed by atoms with E-state index in [1.54, 1.807) is 19.2 Å². The quantitative estimate of drug-likeness (QED) is 0.482. The molecule has 32 heavy (non-hydrogen) atoms. The van der Waals surface area contributed by atoms with Crippen LogP contribution in [0, 0.1) is 6.92 Å². The molecule has 0 atom stereocenters. The molecule has 4 rings (SSSR count). The van der Waals surface area contributed by atoms with E-state index < -0.39 is 0 Å².